The highest BCUT2D eigenvalue weighted by molar-refractivity contribution is 9.11. The van der Waals surface area contributed by atoms with Gasteiger partial charge in [-0.2, -0.15) is 0 Å². The highest BCUT2D eigenvalue weighted by Gasteiger charge is 2.49. The number of hydrogen-bond acceptors (Lipinski definition) is 5. The zero-order chi connectivity index (χ0) is 27.3. The number of carbonyl (C=O) groups is 3. The summed E-state index contributed by atoms with van der Waals surface area (Å²) in [7, 11) is 0. The molecule has 8 heteroatoms. The molecule has 2 aliphatic carbocycles. The predicted molar refractivity (Wildman–Crippen MR) is 149 cm³/mol. The molecule has 0 radical (unpaired) electrons. The van der Waals surface area contributed by atoms with Crippen LogP contribution in [0, 0.1) is 10.8 Å². The molecule has 0 unspecified atom stereocenters. The number of Topliss-reactive ketones (excluding diaryl/α,β-unsaturated/α-hetero) is 2. The van der Waals surface area contributed by atoms with E-state index in [1.807, 2.05) is 17.0 Å². The highest BCUT2D eigenvalue weighted by atomic mass is 79.9. The van der Waals surface area contributed by atoms with E-state index in [4.69, 9.17) is 4.74 Å². The van der Waals surface area contributed by atoms with Crippen LogP contribution >= 0.6 is 31.9 Å². The van der Waals surface area contributed by atoms with E-state index in [9.17, 15) is 19.5 Å². The van der Waals surface area contributed by atoms with Crippen molar-refractivity contribution < 1.29 is 24.2 Å². The van der Waals surface area contributed by atoms with Gasteiger partial charge in [0.25, 0.3) is 0 Å². The van der Waals surface area contributed by atoms with Gasteiger partial charge in [0.15, 0.2) is 11.6 Å². The Balaban J connectivity index is 2.05. The molecule has 0 spiro atoms. The van der Waals surface area contributed by atoms with Crippen LogP contribution in [0.3, 0.4) is 0 Å². The van der Waals surface area contributed by atoms with E-state index in [-0.39, 0.29) is 42.0 Å². The predicted octanol–water partition coefficient (Wildman–Crippen LogP) is 6.94. The molecule has 0 bridgehead atoms. The standard InChI is InChI=1S/C29H33Br2NO5/c1-6-9-37-27-17(10-16(30)11-18(27)31)24-25-19(12-28(2,3)14-21(25)33)32(8-7-23(35)36)20-13-29(4,5)15-22(34)26(20)24/h6,10-11,24H,1,7-9,12-15H2,2-5H3,(H,35,36). The molecular formula is C29H33Br2NO5. The van der Waals surface area contributed by atoms with Crippen molar-refractivity contribution in [3.8, 4) is 5.75 Å². The van der Waals surface area contributed by atoms with Crippen LogP contribution in [0.25, 0.3) is 0 Å². The van der Waals surface area contributed by atoms with Crippen LogP contribution in [0.2, 0.25) is 0 Å². The number of carboxylic acids is 1. The first-order valence-electron chi connectivity index (χ1n) is 12.5. The minimum Gasteiger partial charge on any atom is -0.488 e. The van der Waals surface area contributed by atoms with Crippen LogP contribution < -0.4 is 4.74 Å². The maximum absolute atomic E-state index is 13.9. The number of rotatable bonds is 7. The number of carboxylic acid groups (broad SMARTS) is 1. The molecule has 0 saturated carbocycles. The number of halogens is 2. The average Bonchev–Trinajstić information content (AvgIpc) is 2.74. The SMILES string of the molecule is C=CCOc1c(Br)cc(Br)cc1C1C2=C(CC(C)(C)CC2=O)N(CCC(=O)O)C2=C1C(=O)CC(C)(C)C2. The van der Waals surface area contributed by atoms with Gasteiger partial charge in [-0.05, 0) is 51.7 Å². The summed E-state index contributed by atoms with van der Waals surface area (Å²) in [5, 5.41) is 9.53. The van der Waals surface area contributed by atoms with Crippen molar-refractivity contribution in [3.05, 3.63) is 61.8 Å². The molecule has 0 atom stereocenters. The number of carbonyl (C=O) groups excluding carboxylic acids is 2. The fourth-order valence-corrected chi connectivity index (χ4v) is 7.30. The van der Waals surface area contributed by atoms with E-state index >= 15 is 0 Å². The van der Waals surface area contributed by atoms with Gasteiger partial charge in [-0.15, -0.1) is 0 Å². The van der Waals surface area contributed by atoms with Crippen LogP contribution in [-0.2, 0) is 14.4 Å². The van der Waals surface area contributed by atoms with Crippen molar-refractivity contribution in [1.29, 1.82) is 0 Å². The van der Waals surface area contributed by atoms with Gasteiger partial charge in [0.2, 0.25) is 0 Å². The third-order valence-electron chi connectivity index (χ3n) is 7.26. The molecule has 198 valence electrons. The smallest absolute Gasteiger partial charge is 0.305 e. The lowest BCUT2D eigenvalue weighted by Crippen LogP contribution is -2.45. The molecule has 0 aromatic heterocycles. The van der Waals surface area contributed by atoms with E-state index in [1.54, 1.807) is 6.08 Å². The number of allylic oxidation sites excluding steroid dienone is 4. The molecule has 0 amide bonds. The summed E-state index contributed by atoms with van der Waals surface area (Å²) in [5.41, 5.74) is 3.02. The number of ketones is 2. The molecule has 6 nitrogen and oxygen atoms in total. The normalized spacial score (nSPS) is 21.1. The molecule has 4 rings (SSSR count). The summed E-state index contributed by atoms with van der Waals surface area (Å²) in [6.45, 7) is 12.5. The molecule has 0 fully saturated rings. The van der Waals surface area contributed by atoms with Crippen LogP contribution in [0.5, 0.6) is 5.75 Å². The molecule has 1 aliphatic heterocycles. The largest absolute Gasteiger partial charge is 0.488 e. The van der Waals surface area contributed by atoms with Gasteiger partial charge < -0.3 is 14.7 Å². The summed E-state index contributed by atoms with van der Waals surface area (Å²) in [6, 6.07) is 3.81. The Morgan fingerprint density at radius 2 is 1.59 bits per heavy atom. The third-order valence-corrected chi connectivity index (χ3v) is 8.31. The Morgan fingerprint density at radius 1 is 1.05 bits per heavy atom. The quantitative estimate of drug-likeness (QED) is 0.327. The Hall–Kier alpha value is -2.19. The summed E-state index contributed by atoms with van der Waals surface area (Å²) < 4.78 is 7.61. The first-order valence-corrected chi connectivity index (χ1v) is 14.1. The van der Waals surface area contributed by atoms with E-state index < -0.39 is 11.9 Å². The van der Waals surface area contributed by atoms with Crippen LogP contribution in [0.15, 0.2) is 56.3 Å². The number of ether oxygens (including phenoxy) is 1. The van der Waals surface area contributed by atoms with Gasteiger partial charge in [-0.25, -0.2) is 0 Å². The van der Waals surface area contributed by atoms with Crippen LogP contribution in [-0.4, -0.2) is 40.7 Å². The van der Waals surface area contributed by atoms with Crippen LogP contribution in [0.4, 0.5) is 0 Å². The highest BCUT2D eigenvalue weighted by Crippen LogP contribution is 2.56. The lowest BCUT2D eigenvalue weighted by atomic mass is 9.63. The fraction of sp³-hybridized carbons (Fsp3) is 0.483. The first kappa shape index (κ1) is 27.8. The molecule has 0 saturated heterocycles. The van der Waals surface area contributed by atoms with E-state index in [0.29, 0.717) is 47.1 Å². The van der Waals surface area contributed by atoms with Gasteiger partial charge in [-0.1, -0.05) is 56.3 Å². The topological polar surface area (TPSA) is 83.9 Å². The second-order valence-corrected chi connectivity index (χ2v) is 13.5. The maximum atomic E-state index is 13.9. The Kier molecular flexibility index (Phi) is 7.65. The lowest BCUT2D eigenvalue weighted by molar-refractivity contribution is -0.137. The number of hydrogen-bond donors (Lipinski definition) is 1. The lowest BCUT2D eigenvalue weighted by Gasteiger charge is -2.49. The van der Waals surface area contributed by atoms with Crippen LogP contribution in [0.1, 0.15) is 71.3 Å². The van der Waals surface area contributed by atoms with Crippen molar-refractivity contribution in [3.63, 3.8) is 0 Å². The van der Waals surface area contributed by atoms with Crippen molar-refractivity contribution >= 4 is 49.4 Å². The fourth-order valence-electron chi connectivity index (χ4n) is 5.93. The average molecular weight is 635 g/mol. The summed E-state index contributed by atoms with van der Waals surface area (Å²) in [4.78, 5) is 41.4. The van der Waals surface area contributed by atoms with E-state index in [1.165, 1.54) is 0 Å². The zero-order valence-electron chi connectivity index (χ0n) is 21.7. The van der Waals surface area contributed by atoms with Crippen molar-refractivity contribution in [2.45, 2.75) is 65.7 Å². The Bertz CT molecular complexity index is 1200. The second-order valence-electron chi connectivity index (χ2n) is 11.7. The molecule has 1 N–H and O–H groups in total. The van der Waals surface area contributed by atoms with Gasteiger partial charge in [-0.3, -0.25) is 14.4 Å². The molecule has 3 aliphatic rings. The number of benzene rings is 1. The van der Waals surface area contributed by atoms with Gasteiger partial charge >= 0.3 is 5.97 Å². The first-order chi connectivity index (χ1) is 17.2. The van der Waals surface area contributed by atoms with Crippen molar-refractivity contribution in [2.75, 3.05) is 13.2 Å². The Labute approximate surface area is 235 Å². The number of nitrogens with zero attached hydrogens (tertiary/aromatic N) is 1. The minimum absolute atomic E-state index is 0.00785. The molecule has 1 aromatic rings. The van der Waals surface area contributed by atoms with Gasteiger partial charge in [0, 0.05) is 57.9 Å². The second kappa shape index (κ2) is 10.2. The minimum atomic E-state index is -0.912. The summed E-state index contributed by atoms with van der Waals surface area (Å²) in [5.74, 6) is -0.948. The van der Waals surface area contributed by atoms with E-state index in [2.05, 4.69) is 66.1 Å². The molecule has 1 aromatic carbocycles. The molecular weight excluding hydrogens is 602 g/mol. The maximum Gasteiger partial charge on any atom is 0.305 e. The summed E-state index contributed by atoms with van der Waals surface area (Å²) in [6.07, 6.45) is 3.52. The Morgan fingerprint density at radius 3 is 2.08 bits per heavy atom. The van der Waals surface area contributed by atoms with Gasteiger partial charge in [0.1, 0.15) is 12.4 Å². The molecule has 1 heterocycles. The summed E-state index contributed by atoms with van der Waals surface area (Å²) >= 11 is 7.22. The zero-order valence-corrected chi connectivity index (χ0v) is 24.9. The van der Waals surface area contributed by atoms with Crippen molar-refractivity contribution in [2.24, 2.45) is 10.8 Å². The number of aliphatic carboxylic acids is 1. The molecule has 37 heavy (non-hydrogen) atoms. The monoisotopic (exact) mass is 633 g/mol. The van der Waals surface area contributed by atoms with Crippen molar-refractivity contribution in [1.82, 2.24) is 4.90 Å². The van der Waals surface area contributed by atoms with Gasteiger partial charge in [0.05, 0.1) is 10.9 Å². The third kappa shape index (κ3) is 5.51. The van der Waals surface area contributed by atoms with E-state index in [0.717, 1.165) is 21.4 Å².